The van der Waals surface area contributed by atoms with Gasteiger partial charge < -0.3 is 5.32 Å². The lowest BCUT2D eigenvalue weighted by molar-refractivity contribution is -0.123. The first-order chi connectivity index (χ1) is 11.4. The fourth-order valence-electron chi connectivity index (χ4n) is 3.33. The molecule has 1 amide bonds. The maximum absolute atomic E-state index is 12.6. The number of carbonyl (C=O) groups excluding carboxylic acids is 1. The van der Waals surface area contributed by atoms with Crippen molar-refractivity contribution < 1.29 is 4.79 Å². The van der Waals surface area contributed by atoms with E-state index in [0.717, 1.165) is 11.4 Å². The van der Waals surface area contributed by atoms with Crippen LogP contribution in [0.1, 0.15) is 33.3 Å². The number of hydrogen-bond donors (Lipinski definition) is 1. The van der Waals surface area contributed by atoms with Crippen LogP contribution in [0.4, 0.5) is 0 Å². The number of carbonyl (C=O) groups is 1. The van der Waals surface area contributed by atoms with Crippen LogP contribution in [-0.4, -0.2) is 20.4 Å². The molecule has 24 heavy (non-hydrogen) atoms. The van der Waals surface area contributed by atoms with Crippen molar-refractivity contribution in [2.45, 2.75) is 34.2 Å². The monoisotopic (exact) mass is 324 g/mol. The Labute approximate surface area is 142 Å². The second-order valence-corrected chi connectivity index (χ2v) is 7.24. The molecule has 5 heteroatoms. The summed E-state index contributed by atoms with van der Waals surface area (Å²) in [5.41, 5.74) is 2.27. The quantitative estimate of drug-likeness (QED) is 0.860. The summed E-state index contributed by atoms with van der Waals surface area (Å²) >= 11 is 0. The zero-order chi connectivity index (χ0) is 17.3. The smallest absolute Gasteiger partial charge is 0.224 e. The van der Waals surface area contributed by atoms with Crippen molar-refractivity contribution in [3.63, 3.8) is 0 Å². The van der Waals surface area contributed by atoms with Gasteiger partial charge in [-0.25, -0.2) is 9.97 Å². The SMILES string of the molecule is CC(C)=C[C@@H]1[C@@H](C(=O)NCc2cccnc2-n2ccnc2)C1(C)C. The maximum Gasteiger partial charge on any atom is 0.224 e. The Morgan fingerprint density at radius 2 is 2.17 bits per heavy atom. The molecule has 0 bridgehead atoms. The van der Waals surface area contributed by atoms with Gasteiger partial charge in [0, 0.05) is 30.7 Å². The molecule has 0 spiro atoms. The number of aromatic nitrogens is 3. The Bertz CT molecular complexity index is 757. The largest absolute Gasteiger partial charge is 0.352 e. The third-order valence-corrected chi connectivity index (χ3v) is 4.78. The van der Waals surface area contributed by atoms with Gasteiger partial charge in [-0.15, -0.1) is 0 Å². The van der Waals surface area contributed by atoms with E-state index in [9.17, 15) is 4.79 Å². The van der Waals surface area contributed by atoms with Crippen molar-refractivity contribution in [2.75, 3.05) is 0 Å². The lowest BCUT2D eigenvalue weighted by atomic mass is 10.1. The molecule has 3 rings (SSSR count). The van der Waals surface area contributed by atoms with Crippen LogP contribution in [0.15, 0.2) is 48.7 Å². The first-order valence-electron chi connectivity index (χ1n) is 8.26. The van der Waals surface area contributed by atoms with Crippen molar-refractivity contribution in [1.29, 1.82) is 0 Å². The molecular formula is C19H24N4O. The van der Waals surface area contributed by atoms with E-state index in [1.165, 1.54) is 5.57 Å². The lowest BCUT2D eigenvalue weighted by Gasteiger charge is -2.10. The number of hydrogen-bond acceptors (Lipinski definition) is 3. The molecule has 2 atom stereocenters. The molecule has 1 N–H and O–H groups in total. The highest BCUT2D eigenvalue weighted by Crippen LogP contribution is 2.59. The van der Waals surface area contributed by atoms with Gasteiger partial charge in [-0.05, 0) is 31.2 Å². The molecule has 2 aromatic heterocycles. The van der Waals surface area contributed by atoms with Crippen LogP contribution in [0.3, 0.4) is 0 Å². The Morgan fingerprint density at radius 3 is 2.83 bits per heavy atom. The van der Waals surface area contributed by atoms with Gasteiger partial charge in [-0.1, -0.05) is 31.6 Å². The summed E-state index contributed by atoms with van der Waals surface area (Å²) < 4.78 is 1.86. The molecule has 126 valence electrons. The van der Waals surface area contributed by atoms with Gasteiger partial charge in [0.25, 0.3) is 0 Å². The lowest BCUT2D eigenvalue weighted by Crippen LogP contribution is -2.27. The number of imidazole rings is 1. The highest BCUT2D eigenvalue weighted by molar-refractivity contribution is 5.83. The minimum Gasteiger partial charge on any atom is -0.352 e. The van der Waals surface area contributed by atoms with E-state index >= 15 is 0 Å². The van der Waals surface area contributed by atoms with Gasteiger partial charge in [0.1, 0.15) is 12.1 Å². The van der Waals surface area contributed by atoms with E-state index in [1.807, 2.05) is 22.9 Å². The third-order valence-electron chi connectivity index (χ3n) is 4.78. The van der Waals surface area contributed by atoms with Gasteiger partial charge in [0.15, 0.2) is 0 Å². The van der Waals surface area contributed by atoms with Crippen LogP contribution in [0.5, 0.6) is 0 Å². The number of nitrogens with zero attached hydrogens (tertiary/aromatic N) is 3. The standard InChI is InChI=1S/C19H24N4O/c1-13(2)10-15-16(19(15,3)4)18(24)22-11-14-6-5-7-21-17(14)23-9-8-20-12-23/h5-10,12,15-16H,11H2,1-4H3,(H,22,24)/t15-,16+/m1/s1. The molecule has 2 aromatic rings. The van der Waals surface area contributed by atoms with Crippen LogP contribution in [0.2, 0.25) is 0 Å². The highest BCUT2D eigenvalue weighted by Gasteiger charge is 2.60. The number of rotatable bonds is 5. The molecule has 2 heterocycles. The molecule has 0 unspecified atom stereocenters. The van der Waals surface area contributed by atoms with E-state index < -0.39 is 0 Å². The van der Waals surface area contributed by atoms with E-state index in [2.05, 4.69) is 49.1 Å². The molecular weight excluding hydrogens is 300 g/mol. The van der Waals surface area contributed by atoms with Crippen molar-refractivity contribution in [3.05, 3.63) is 54.3 Å². The minimum atomic E-state index is 0.0312. The average molecular weight is 324 g/mol. The van der Waals surface area contributed by atoms with Crippen LogP contribution in [0.25, 0.3) is 5.82 Å². The predicted molar refractivity (Wildman–Crippen MR) is 93.4 cm³/mol. The highest BCUT2D eigenvalue weighted by atomic mass is 16.2. The van der Waals surface area contributed by atoms with E-state index in [1.54, 1.807) is 18.7 Å². The Balaban J connectivity index is 1.69. The van der Waals surface area contributed by atoms with Crippen LogP contribution in [-0.2, 0) is 11.3 Å². The summed E-state index contributed by atoms with van der Waals surface area (Å²) in [6, 6.07) is 3.86. The molecule has 0 aliphatic heterocycles. The van der Waals surface area contributed by atoms with Gasteiger partial charge >= 0.3 is 0 Å². The predicted octanol–water partition coefficient (Wildman–Crippen LogP) is 3.12. The fourth-order valence-corrected chi connectivity index (χ4v) is 3.33. The summed E-state index contributed by atoms with van der Waals surface area (Å²) in [5, 5.41) is 3.08. The summed E-state index contributed by atoms with van der Waals surface area (Å²) in [4.78, 5) is 21.1. The molecule has 0 radical (unpaired) electrons. The first-order valence-corrected chi connectivity index (χ1v) is 8.26. The van der Waals surface area contributed by atoms with Gasteiger partial charge in [0.2, 0.25) is 5.91 Å². The minimum absolute atomic E-state index is 0.0312. The van der Waals surface area contributed by atoms with Gasteiger partial charge in [-0.2, -0.15) is 0 Å². The Hall–Kier alpha value is -2.43. The molecule has 1 saturated carbocycles. The second kappa shape index (κ2) is 6.23. The second-order valence-electron chi connectivity index (χ2n) is 7.24. The zero-order valence-electron chi connectivity index (χ0n) is 14.7. The van der Waals surface area contributed by atoms with Crippen LogP contribution < -0.4 is 5.32 Å². The fraction of sp³-hybridized carbons (Fsp3) is 0.421. The summed E-state index contributed by atoms with van der Waals surface area (Å²) in [6.07, 6.45) is 9.24. The molecule has 1 aliphatic rings. The topological polar surface area (TPSA) is 59.8 Å². The number of allylic oxidation sites excluding steroid dienone is 2. The number of nitrogens with one attached hydrogen (secondary N) is 1. The van der Waals surface area contributed by atoms with Crippen LogP contribution in [0, 0.1) is 17.3 Å². The van der Waals surface area contributed by atoms with Gasteiger partial charge in [-0.3, -0.25) is 9.36 Å². The first kappa shape index (κ1) is 16.4. The van der Waals surface area contributed by atoms with Crippen LogP contribution >= 0.6 is 0 Å². The van der Waals surface area contributed by atoms with E-state index in [-0.39, 0.29) is 17.2 Å². The number of amides is 1. The van der Waals surface area contributed by atoms with E-state index in [0.29, 0.717) is 12.5 Å². The van der Waals surface area contributed by atoms with Crippen molar-refractivity contribution in [3.8, 4) is 5.82 Å². The molecule has 0 saturated heterocycles. The zero-order valence-corrected chi connectivity index (χ0v) is 14.7. The maximum atomic E-state index is 12.6. The Morgan fingerprint density at radius 1 is 1.38 bits per heavy atom. The Kier molecular flexibility index (Phi) is 4.26. The third kappa shape index (κ3) is 3.11. The number of pyridine rings is 1. The van der Waals surface area contributed by atoms with Crippen molar-refractivity contribution in [1.82, 2.24) is 19.9 Å². The normalized spacial score (nSPS) is 21.2. The van der Waals surface area contributed by atoms with Gasteiger partial charge in [0.05, 0.1) is 5.92 Å². The van der Waals surface area contributed by atoms with E-state index in [4.69, 9.17) is 0 Å². The molecule has 0 aromatic carbocycles. The molecule has 1 fully saturated rings. The van der Waals surface area contributed by atoms with Crippen molar-refractivity contribution >= 4 is 5.91 Å². The molecule has 5 nitrogen and oxygen atoms in total. The molecule has 1 aliphatic carbocycles. The summed E-state index contributed by atoms with van der Waals surface area (Å²) in [7, 11) is 0. The average Bonchev–Trinajstić information content (AvgIpc) is 2.93. The summed E-state index contributed by atoms with van der Waals surface area (Å²) in [5.74, 6) is 1.28. The van der Waals surface area contributed by atoms with Crippen molar-refractivity contribution in [2.24, 2.45) is 17.3 Å². The summed E-state index contributed by atoms with van der Waals surface area (Å²) in [6.45, 7) is 8.94.